The van der Waals surface area contributed by atoms with Crippen molar-refractivity contribution in [2.24, 2.45) is 0 Å². The molecule has 2 rings (SSSR count). The van der Waals surface area contributed by atoms with Gasteiger partial charge in [0.05, 0.1) is 5.56 Å². The van der Waals surface area contributed by atoms with Crippen molar-refractivity contribution in [3.63, 3.8) is 0 Å². The van der Waals surface area contributed by atoms with Gasteiger partial charge in [-0.25, -0.2) is 0 Å². The van der Waals surface area contributed by atoms with E-state index in [1.54, 1.807) is 6.07 Å². The van der Waals surface area contributed by atoms with Crippen LogP contribution in [-0.4, -0.2) is 0 Å². The first-order valence-corrected chi connectivity index (χ1v) is 6.67. The summed E-state index contributed by atoms with van der Waals surface area (Å²) in [5.74, 6) is 0. The van der Waals surface area contributed by atoms with Gasteiger partial charge in [-0.2, -0.15) is 13.2 Å². The van der Waals surface area contributed by atoms with Gasteiger partial charge in [0.15, 0.2) is 0 Å². The van der Waals surface area contributed by atoms with Crippen molar-refractivity contribution < 1.29 is 13.2 Å². The Bertz CT molecular complexity index is 630. The highest BCUT2D eigenvalue weighted by atomic mass is 35.5. The van der Waals surface area contributed by atoms with E-state index < -0.39 is 11.7 Å². The van der Waals surface area contributed by atoms with E-state index >= 15 is 0 Å². The SMILES string of the molecule is CCc1cc(-c2ccc(Cl)cc2C(F)(F)F)ccc1C. The monoisotopic (exact) mass is 298 g/mol. The molecule has 0 saturated heterocycles. The van der Waals surface area contributed by atoms with Crippen molar-refractivity contribution in [2.75, 3.05) is 0 Å². The van der Waals surface area contributed by atoms with Crippen molar-refractivity contribution >= 4 is 11.6 Å². The Morgan fingerprint density at radius 1 is 1.05 bits per heavy atom. The predicted octanol–water partition coefficient (Wildman–Crippen LogP) is 5.90. The van der Waals surface area contributed by atoms with Crippen LogP contribution in [0.4, 0.5) is 13.2 Å². The molecule has 0 amide bonds. The van der Waals surface area contributed by atoms with E-state index in [0.29, 0.717) is 5.56 Å². The summed E-state index contributed by atoms with van der Waals surface area (Å²) in [6, 6.07) is 9.26. The van der Waals surface area contributed by atoms with Crippen LogP contribution in [0.5, 0.6) is 0 Å². The first-order valence-electron chi connectivity index (χ1n) is 6.29. The minimum atomic E-state index is -4.42. The van der Waals surface area contributed by atoms with Crippen molar-refractivity contribution in [2.45, 2.75) is 26.4 Å². The van der Waals surface area contributed by atoms with Crippen LogP contribution < -0.4 is 0 Å². The molecule has 2 aromatic rings. The normalized spacial score (nSPS) is 11.7. The Balaban J connectivity index is 2.64. The zero-order valence-electron chi connectivity index (χ0n) is 11.2. The van der Waals surface area contributed by atoms with Crippen LogP contribution in [0.25, 0.3) is 11.1 Å². The van der Waals surface area contributed by atoms with E-state index in [1.165, 1.54) is 12.1 Å². The van der Waals surface area contributed by atoms with E-state index in [-0.39, 0.29) is 10.6 Å². The Hall–Kier alpha value is -1.48. The molecule has 0 aromatic heterocycles. The fraction of sp³-hybridized carbons (Fsp3) is 0.250. The summed E-state index contributed by atoms with van der Waals surface area (Å²) >= 11 is 5.69. The average Bonchev–Trinajstić information content (AvgIpc) is 2.38. The molecule has 0 heterocycles. The molecule has 0 aliphatic rings. The lowest BCUT2D eigenvalue weighted by Gasteiger charge is -2.15. The minimum absolute atomic E-state index is 0.0869. The van der Waals surface area contributed by atoms with Gasteiger partial charge in [0, 0.05) is 5.02 Å². The molecule has 0 atom stereocenters. The number of aryl methyl sites for hydroxylation is 2. The number of hydrogen-bond donors (Lipinski definition) is 0. The van der Waals surface area contributed by atoms with Gasteiger partial charge in [0.1, 0.15) is 0 Å². The van der Waals surface area contributed by atoms with E-state index in [9.17, 15) is 13.2 Å². The van der Waals surface area contributed by atoms with E-state index in [1.807, 2.05) is 26.0 Å². The van der Waals surface area contributed by atoms with E-state index in [2.05, 4.69) is 0 Å². The third-order valence-electron chi connectivity index (χ3n) is 3.33. The number of halogens is 4. The molecule has 0 bridgehead atoms. The van der Waals surface area contributed by atoms with Crippen LogP contribution >= 0.6 is 11.6 Å². The smallest absolute Gasteiger partial charge is 0.166 e. The lowest BCUT2D eigenvalue weighted by Crippen LogP contribution is -2.07. The lowest BCUT2D eigenvalue weighted by molar-refractivity contribution is -0.137. The molecular weight excluding hydrogens is 285 g/mol. The Morgan fingerprint density at radius 2 is 1.75 bits per heavy atom. The number of rotatable bonds is 2. The molecule has 0 spiro atoms. The largest absolute Gasteiger partial charge is 0.417 e. The number of benzene rings is 2. The zero-order valence-corrected chi connectivity index (χ0v) is 11.9. The van der Waals surface area contributed by atoms with E-state index in [0.717, 1.165) is 23.6 Å². The van der Waals surface area contributed by atoms with Crippen LogP contribution in [-0.2, 0) is 12.6 Å². The lowest BCUT2D eigenvalue weighted by atomic mass is 9.95. The van der Waals surface area contributed by atoms with Crippen LogP contribution in [0.1, 0.15) is 23.6 Å². The van der Waals surface area contributed by atoms with Crippen LogP contribution in [0, 0.1) is 6.92 Å². The maximum atomic E-state index is 13.1. The minimum Gasteiger partial charge on any atom is -0.166 e. The van der Waals surface area contributed by atoms with Crippen LogP contribution in [0.3, 0.4) is 0 Å². The van der Waals surface area contributed by atoms with Crippen molar-refractivity contribution in [3.8, 4) is 11.1 Å². The highest BCUT2D eigenvalue weighted by Crippen LogP contribution is 2.39. The average molecular weight is 299 g/mol. The molecule has 0 aliphatic carbocycles. The van der Waals surface area contributed by atoms with Crippen molar-refractivity contribution in [3.05, 3.63) is 58.1 Å². The summed E-state index contributed by atoms with van der Waals surface area (Å²) in [5.41, 5.74) is 2.16. The second-order valence-corrected chi connectivity index (χ2v) is 5.12. The molecule has 0 fully saturated rings. The molecule has 0 unspecified atom stereocenters. The Kier molecular flexibility index (Phi) is 4.09. The first kappa shape index (κ1) is 14.9. The fourth-order valence-electron chi connectivity index (χ4n) is 2.22. The second kappa shape index (κ2) is 5.49. The molecule has 0 nitrogen and oxygen atoms in total. The Morgan fingerprint density at radius 3 is 2.35 bits per heavy atom. The second-order valence-electron chi connectivity index (χ2n) is 4.68. The van der Waals surface area contributed by atoms with Gasteiger partial charge < -0.3 is 0 Å². The summed E-state index contributed by atoms with van der Waals surface area (Å²) in [4.78, 5) is 0. The summed E-state index contributed by atoms with van der Waals surface area (Å²) in [7, 11) is 0. The molecule has 0 N–H and O–H groups in total. The molecule has 0 aliphatic heterocycles. The molecule has 20 heavy (non-hydrogen) atoms. The van der Waals surface area contributed by atoms with Gasteiger partial charge in [0.25, 0.3) is 0 Å². The van der Waals surface area contributed by atoms with Gasteiger partial charge in [-0.05, 0) is 47.7 Å². The highest BCUT2D eigenvalue weighted by Gasteiger charge is 2.33. The third-order valence-corrected chi connectivity index (χ3v) is 3.56. The third kappa shape index (κ3) is 2.98. The summed E-state index contributed by atoms with van der Waals surface area (Å²) in [6.45, 7) is 3.94. The Labute approximate surface area is 121 Å². The number of alkyl halides is 3. The molecule has 106 valence electrons. The van der Waals surface area contributed by atoms with Gasteiger partial charge in [-0.15, -0.1) is 0 Å². The molecule has 2 aromatic carbocycles. The van der Waals surface area contributed by atoms with E-state index in [4.69, 9.17) is 11.6 Å². The molecule has 0 saturated carbocycles. The molecule has 4 heteroatoms. The topological polar surface area (TPSA) is 0 Å². The van der Waals surface area contributed by atoms with Crippen LogP contribution in [0.15, 0.2) is 36.4 Å². The highest BCUT2D eigenvalue weighted by molar-refractivity contribution is 6.30. The predicted molar refractivity (Wildman–Crippen MR) is 76.0 cm³/mol. The van der Waals surface area contributed by atoms with Crippen molar-refractivity contribution in [1.29, 1.82) is 0 Å². The van der Waals surface area contributed by atoms with Gasteiger partial charge >= 0.3 is 6.18 Å². The first-order chi connectivity index (χ1) is 9.32. The van der Waals surface area contributed by atoms with Gasteiger partial charge in [-0.3, -0.25) is 0 Å². The summed E-state index contributed by atoms with van der Waals surface area (Å²) < 4.78 is 39.4. The molecular formula is C16H14ClF3. The maximum absolute atomic E-state index is 13.1. The zero-order chi connectivity index (χ0) is 14.9. The summed E-state index contributed by atoms with van der Waals surface area (Å²) in [5, 5.41) is 0.0869. The standard InChI is InChI=1S/C16H14ClF3/c1-3-11-8-12(5-4-10(11)2)14-7-6-13(17)9-15(14)16(18,19)20/h4-9H,3H2,1-2H3. The van der Waals surface area contributed by atoms with Crippen LogP contribution in [0.2, 0.25) is 5.02 Å². The fourth-order valence-corrected chi connectivity index (χ4v) is 2.39. The summed E-state index contributed by atoms with van der Waals surface area (Å²) in [6.07, 6.45) is -3.63. The van der Waals surface area contributed by atoms with Gasteiger partial charge in [0.2, 0.25) is 0 Å². The quantitative estimate of drug-likeness (QED) is 0.648. The molecule has 0 radical (unpaired) electrons. The maximum Gasteiger partial charge on any atom is 0.417 e. The number of hydrogen-bond acceptors (Lipinski definition) is 0. The van der Waals surface area contributed by atoms with Crippen molar-refractivity contribution in [1.82, 2.24) is 0 Å². The van der Waals surface area contributed by atoms with Gasteiger partial charge in [-0.1, -0.05) is 42.8 Å².